The first-order valence-electron chi connectivity index (χ1n) is 5.55. The summed E-state index contributed by atoms with van der Waals surface area (Å²) >= 11 is 1.22. The predicted molar refractivity (Wildman–Crippen MR) is 72.6 cm³/mol. The Morgan fingerprint density at radius 1 is 1.40 bits per heavy atom. The van der Waals surface area contributed by atoms with Crippen LogP contribution in [0.1, 0.15) is 15.2 Å². The maximum atomic E-state index is 13.4. The molecule has 0 saturated heterocycles. The van der Waals surface area contributed by atoms with Crippen LogP contribution in [0, 0.1) is 23.5 Å². The minimum atomic E-state index is -1.10. The lowest BCUT2D eigenvalue weighted by Crippen LogP contribution is -2.12. The standard InChI is InChI=1S/C14H9F2NO2S/c15-11-4-1-5-12(13(11)16)17-14(19)9-7-10(20-8-9)3-2-6-18/h1,4-5,7-8,18H,6H2,(H,17,19). The highest BCUT2D eigenvalue weighted by molar-refractivity contribution is 7.10. The first-order valence-corrected chi connectivity index (χ1v) is 6.43. The van der Waals surface area contributed by atoms with Crippen LogP contribution in [-0.4, -0.2) is 17.6 Å². The summed E-state index contributed by atoms with van der Waals surface area (Å²) in [7, 11) is 0. The fraction of sp³-hybridized carbons (Fsp3) is 0.0714. The Bertz CT molecular complexity index is 701. The number of carbonyl (C=O) groups is 1. The average molecular weight is 293 g/mol. The molecule has 0 bridgehead atoms. The summed E-state index contributed by atoms with van der Waals surface area (Å²) in [6.07, 6.45) is 0. The van der Waals surface area contributed by atoms with Gasteiger partial charge in [0.05, 0.1) is 16.1 Å². The molecule has 2 N–H and O–H groups in total. The molecule has 1 aromatic carbocycles. The van der Waals surface area contributed by atoms with Crippen LogP contribution in [0.3, 0.4) is 0 Å². The third kappa shape index (κ3) is 3.20. The molecule has 1 aromatic heterocycles. The second-order valence-electron chi connectivity index (χ2n) is 3.72. The molecule has 0 aliphatic heterocycles. The van der Waals surface area contributed by atoms with Gasteiger partial charge in [0.25, 0.3) is 5.91 Å². The van der Waals surface area contributed by atoms with Crippen molar-refractivity contribution in [3.8, 4) is 11.8 Å². The third-order valence-corrected chi connectivity index (χ3v) is 3.20. The summed E-state index contributed by atoms with van der Waals surface area (Å²) < 4.78 is 26.4. The number of amides is 1. The normalized spacial score (nSPS) is 9.75. The van der Waals surface area contributed by atoms with Crippen LogP contribution in [0.2, 0.25) is 0 Å². The Hall–Kier alpha value is -2.23. The van der Waals surface area contributed by atoms with Crippen molar-refractivity contribution >= 4 is 22.9 Å². The molecule has 0 fully saturated rings. The summed E-state index contributed by atoms with van der Waals surface area (Å²) in [6, 6.07) is 5.06. The zero-order chi connectivity index (χ0) is 14.5. The summed E-state index contributed by atoms with van der Waals surface area (Å²) in [5.41, 5.74) is 0.0742. The van der Waals surface area contributed by atoms with Crippen molar-refractivity contribution in [3.05, 3.63) is 51.7 Å². The molecule has 0 spiro atoms. The highest BCUT2D eigenvalue weighted by Crippen LogP contribution is 2.19. The molecule has 0 atom stereocenters. The van der Waals surface area contributed by atoms with E-state index in [1.54, 1.807) is 5.38 Å². The molecule has 1 amide bonds. The van der Waals surface area contributed by atoms with Gasteiger partial charge in [0.1, 0.15) is 6.61 Å². The Labute approximate surface area is 117 Å². The third-order valence-electron chi connectivity index (χ3n) is 2.35. The SMILES string of the molecule is O=C(Nc1cccc(F)c1F)c1csc(C#CCO)c1. The second kappa shape index (κ2) is 6.28. The molecule has 102 valence electrons. The minimum Gasteiger partial charge on any atom is -0.384 e. The summed E-state index contributed by atoms with van der Waals surface area (Å²) in [5, 5.41) is 12.4. The maximum absolute atomic E-state index is 13.4. The summed E-state index contributed by atoms with van der Waals surface area (Å²) in [6.45, 7) is -0.270. The molecule has 0 saturated carbocycles. The van der Waals surface area contributed by atoms with Crippen molar-refractivity contribution in [2.45, 2.75) is 0 Å². The average Bonchev–Trinajstić information content (AvgIpc) is 2.90. The highest BCUT2D eigenvalue weighted by atomic mass is 32.1. The Morgan fingerprint density at radius 2 is 2.20 bits per heavy atom. The Kier molecular flexibility index (Phi) is 4.45. The zero-order valence-electron chi connectivity index (χ0n) is 10.1. The van der Waals surface area contributed by atoms with Crippen LogP contribution in [0.25, 0.3) is 0 Å². The second-order valence-corrected chi connectivity index (χ2v) is 4.63. The molecule has 6 heteroatoms. The number of hydrogen-bond acceptors (Lipinski definition) is 3. The van der Waals surface area contributed by atoms with Gasteiger partial charge in [-0.2, -0.15) is 0 Å². The van der Waals surface area contributed by atoms with Crippen molar-refractivity contribution in [2.75, 3.05) is 11.9 Å². The predicted octanol–water partition coefficient (Wildman–Crippen LogP) is 2.62. The number of halogens is 2. The molecule has 0 aliphatic rings. The largest absolute Gasteiger partial charge is 0.384 e. The van der Waals surface area contributed by atoms with Gasteiger partial charge < -0.3 is 10.4 Å². The number of aliphatic hydroxyl groups is 1. The molecule has 0 radical (unpaired) electrons. The van der Waals surface area contributed by atoms with Gasteiger partial charge in [0.15, 0.2) is 11.6 Å². The number of carbonyl (C=O) groups excluding carboxylic acids is 1. The van der Waals surface area contributed by atoms with Gasteiger partial charge in [-0.05, 0) is 18.2 Å². The van der Waals surface area contributed by atoms with Crippen LogP contribution in [0.15, 0.2) is 29.6 Å². The van der Waals surface area contributed by atoms with Crippen molar-refractivity contribution in [3.63, 3.8) is 0 Å². The Morgan fingerprint density at radius 3 is 2.95 bits per heavy atom. The minimum absolute atomic E-state index is 0.218. The molecular formula is C14H9F2NO2S. The molecule has 2 aromatic rings. The van der Waals surface area contributed by atoms with Gasteiger partial charge in [-0.3, -0.25) is 4.79 Å². The topological polar surface area (TPSA) is 49.3 Å². The van der Waals surface area contributed by atoms with E-state index in [-0.39, 0.29) is 12.3 Å². The smallest absolute Gasteiger partial charge is 0.256 e. The van der Waals surface area contributed by atoms with Crippen LogP contribution in [0.4, 0.5) is 14.5 Å². The number of hydrogen-bond donors (Lipinski definition) is 2. The Balaban J connectivity index is 2.16. The lowest BCUT2D eigenvalue weighted by molar-refractivity contribution is 0.102. The van der Waals surface area contributed by atoms with Crippen LogP contribution >= 0.6 is 11.3 Å². The molecular weight excluding hydrogens is 284 g/mol. The molecule has 3 nitrogen and oxygen atoms in total. The van der Waals surface area contributed by atoms with Crippen molar-refractivity contribution in [1.82, 2.24) is 0 Å². The first kappa shape index (κ1) is 14.2. The van der Waals surface area contributed by atoms with E-state index < -0.39 is 17.5 Å². The van der Waals surface area contributed by atoms with Gasteiger partial charge >= 0.3 is 0 Å². The van der Waals surface area contributed by atoms with Crippen LogP contribution < -0.4 is 5.32 Å². The zero-order valence-corrected chi connectivity index (χ0v) is 10.9. The number of benzene rings is 1. The van der Waals surface area contributed by atoms with Gasteiger partial charge in [0, 0.05) is 5.38 Å². The quantitative estimate of drug-likeness (QED) is 0.836. The van der Waals surface area contributed by atoms with Crippen molar-refractivity contribution < 1.29 is 18.7 Å². The molecule has 0 unspecified atom stereocenters. The molecule has 0 aliphatic carbocycles. The monoisotopic (exact) mass is 293 g/mol. The van der Waals surface area contributed by atoms with E-state index in [9.17, 15) is 13.6 Å². The van der Waals surface area contributed by atoms with Gasteiger partial charge in [-0.1, -0.05) is 17.9 Å². The van der Waals surface area contributed by atoms with E-state index in [4.69, 9.17) is 5.11 Å². The summed E-state index contributed by atoms with van der Waals surface area (Å²) in [5.74, 6) is 2.44. The molecule has 20 heavy (non-hydrogen) atoms. The van der Waals surface area contributed by atoms with E-state index in [0.29, 0.717) is 10.4 Å². The van der Waals surface area contributed by atoms with Crippen molar-refractivity contribution in [2.24, 2.45) is 0 Å². The van der Waals surface area contributed by atoms with E-state index in [1.165, 1.54) is 29.5 Å². The van der Waals surface area contributed by atoms with E-state index in [2.05, 4.69) is 17.2 Å². The van der Waals surface area contributed by atoms with Crippen LogP contribution in [0.5, 0.6) is 0 Å². The van der Waals surface area contributed by atoms with Crippen molar-refractivity contribution in [1.29, 1.82) is 0 Å². The van der Waals surface area contributed by atoms with Gasteiger partial charge in [-0.15, -0.1) is 11.3 Å². The lowest BCUT2D eigenvalue weighted by Gasteiger charge is -2.05. The van der Waals surface area contributed by atoms with E-state index >= 15 is 0 Å². The highest BCUT2D eigenvalue weighted by Gasteiger charge is 2.13. The molecule has 1 heterocycles. The van der Waals surface area contributed by atoms with Crippen LogP contribution in [-0.2, 0) is 0 Å². The fourth-order valence-corrected chi connectivity index (χ4v) is 2.20. The van der Waals surface area contributed by atoms with E-state index in [0.717, 1.165) is 6.07 Å². The number of nitrogens with one attached hydrogen (secondary N) is 1. The molecule has 2 rings (SSSR count). The van der Waals surface area contributed by atoms with Gasteiger partial charge in [0.2, 0.25) is 0 Å². The first-order chi connectivity index (χ1) is 9.61. The lowest BCUT2D eigenvalue weighted by atomic mass is 10.2. The van der Waals surface area contributed by atoms with Gasteiger partial charge in [-0.25, -0.2) is 8.78 Å². The number of rotatable bonds is 2. The maximum Gasteiger partial charge on any atom is 0.256 e. The number of aliphatic hydroxyl groups excluding tert-OH is 1. The number of thiophene rings is 1. The fourth-order valence-electron chi connectivity index (χ4n) is 1.44. The summed E-state index contributed by atoms with van der Waals surface area (Å²) in [4.78, 5) is 12.5. The number of anilines is 1. The van der Waals surface area contributed by atoms with E-state index in [1.807, 2.05) is 0 Å².